The predicted octanol–water partition coefficient (Wildman–Crippen LogP) is 0.724. The molecule has 2 aromatic rings. The molecule has 0 fully saturated rings. The number of amides is 1. The maximum absolute atomic E-state index is 11.5. The van der Waals surface area contributed by atoms with Crippen LogP contribution in [0.3, 0.4) is 0 Å². The molecule has 0 unspecified atom stereocenters. The van der Waals surface area contributed by atoms with Gasteiger partial charge in [-0.15, -0.1) is 6.42 Å². The van der Waals surface area contributed by atoms with Gasteiger partial charge < -0.3 is 4.98 Å². The number of rotatable bonds is 4. The van der Waals surface area contributed by atoms with Gasteiger partial charge in [0.1, 0.15) is 0 Å². The number of para-hydroxylation sites is 2. The first-order valence-corrected chi connectivity index (χ1v) is 5.18. The molecule has 5 heteroatoms. The predicted molar refractivity (Wildman–Crippen MR) is 66.4 cm³/mol. The van der Waals surface area contributed by atoms with Gasteiger partial charge in [0.15, 0.2) is 0 Å². The van der Waals surface area contributed by atoms with E-state index in [0.29, 0.717) is 12.5 Å². The highest BCUT2D eigenvalue weighted by atomic mass is 16.2. The summed E-state index contributed by atoms with van der Waals surface area (Å²) in [5, 5.41) is 5.45. The molecule has 0 bridgehead atoms. The maximum Gasteiger partial charge on any atom is 0.240 e. The van der Waals surface area contributed by atoms with Crippen molar-refractivity contribution in [3.63, 3.8) is 0 Å². The lowest BCUT2D eigenvalue weighted by molar-refractivity contribution is -0.115. The fourth-order valence-electron chi connectivity index (χ4n) is 1.44. The molecule has 0 spiro atoms. The number of benzene rings is 1. The standard InChI is InChI=1S/C12H12N4O/c1-2-7-13-8-11(17)16-12-14-9-5-3-4-6-10(9)15-12/h1,3-6,13H,7-8H2,(H2,14,15,16,17). The van der Waals surface area contributed by atoms with Gasteiger partial charge in [-0.1, -0.05) is 18.1 Å². The first-order chi connectivity index (χ1) is 8.29. The Morgan fingerprint density at radius 3 is 3.06 bits per heavy atom. The lowest BCUT2D eigenvalue weighted by Crippen LogP contribution is -2.28. The fraction of sp³-hybridized carbons (Fsp3) is 0.167. The molecule has 1 aromatic carbocycles. The Bertz CT molecular complexity index is 534. The van der Waals surface area contributed by atoms with Crippen LogP contribution in [0.2, 0.25) is 0 Å². The van der Waals surface area contributed by atoms with Crippen LogP contribution in [0.5, 0.6) is 0 Å². The normalized spacial score (nSPS) is 10.1. The van der Waals surface area contributed by atoms with E-state index in [1.54, 1.807) is 0 Å². The van der Waals surface area contributed by atoms with Crippen molar-refractivity contribution in [2.45, 2.75) is 0 Å². The van der Waals surface area contributed by atoms with E-state index < -0.39 is 0 Å². The maximum atomic E-state index is 11.5. The summed E-state index contributed by atoms with van der Waals surface area (Å²) in [4.78, 5) is 18.7. The number of carbonyl (C=O) groups excluding carboxylic acids is 1. The first-order valence-electron chi connectivity index (χ1n) is 5.18. The number of nitrogens with one attached hydrogen (secondary N) is 3. The molecule has 1 aromatic heterocycles. The summed E-state index contributed by atoms with van der Waals surface area (Å²) in [6.45, 7) is 0.537. The minimum absolute atomic E-state index is 0.168. The molecular weight excluding hydrogens is 216 g/mol. The third-order valence-corrected chi connectivity index (χ3v) is 2.16. The lowest BCUT2D eigenvalue weighted by atomic mass is 10.3. The number of carbonyl (C=O) groups is 1. The van der Waals surface area contributed by atoms with E-state index in [1.807, 2.05) is 24.3 Å². The monoisotopic (exact) mass is 228 g/mol. The zero-order chi connectivity index (χ0) is 12.1. The van der Waals surface area contributed by atoms with Crippen molar-refractivity contribution >= 4 is 22.9 Å². The Kier molecular flexibility index (Phi) is 3.38. The molecule has 1 amide bonds. The topological polar surface area (TPSA) is 69.8 Å². The van der Waals surface area contributed by atoms with E-state index >= 15 is 0 Å². The van der Waals surface area contributed by atoms with Crippen LogP contribution < -0.4 is 10.6 Å². The van der Waals surface area contributed by atoms with Gasteiger partial charge in [-0.25, -0.2) is 4.98 Å². The van der Waals surface area contributed by atoms with E-state index in [0.717, 1.165) is 11.0 Å². The summed E-state index contributed by atoms with van der Waals surface area (Å²) in [5.74, 6) is 2.66. The summed E-state index contributed by atoms with van der Waals surface area (Å²) in [6.07, 6.45) is 5.06. The van der Waals surface area contributed by atoms with Crippen molar-refractivity contribution in [2.75, 3.05) is 18.4 Å². The van der Waals surface area contributed by atoms with Gasteiger partial charge >= 0.3 is 0 Å². The number of anilines is 1. The number of terminal acetylenes is 1. The number of nitrogens with zero attached hydrogens (tertiary/aromatic N) is 1. The summed E-state index contributed by atoms with van der Waals surface area (Å²) in [7, 11) is 0. The Labute approximate surface area is 98.6 Å². The Balaban J connectivity index is 1.99. The summed E-state index contributed by atoms with van der Waals surface area (Å²) < 4.78 is 0. The highest BCUT2D eigenvalue weighted by Crippen LogP contribution is 2.12. The summed E-state index contributed by atoms with van der Waals surface area (Å²) >= 11 is 0. The van der Waals surface area contributed by atoms with Crippen molar-refractivity contribution in [2.24, 2.45) is 0 Å². The third-order valence-electron chi connectivity index (χ3n) is 2.16. The van der Waals surface area contributed by atoms with Crippen LogP contribution in [-0.2, 0) is 4.79 Å². The molecule has 0 radical (unpaired) electrons. The summed E-state index contributed by atoms with van der Waals surface area (Å²) in [6, 6.07) is 7.57. The average Bonchev–Trinajstić information content (AvgIpc) is 2.71. The molecule has 0 atom stereocenters. The van der Waals surface area contributed by atoms with Gasteiger partial charge in [-0.3, -0.25) is 15.4 Å². The van der Waals surface area contributed by atoms with Crippen LogP contribution >= 0.6 is 0 Å². The van der Waals surface area contributed by atoms with Crippen molar-refractivity contribution in [1.82, 2.24) is 15.3 Å². The second-order valence-electron chi connectivity index (χ2n) is 3.46. The first kappa shape index (κ1) is 11.2. The van der Waals surface area contributed by atoms with Gasteiger partial charge in [0.2, 0.25) is 11.9 Å². The van der Waals surface area contributed by atoms with Crippen LogP contribution in [0.4, 0.5) is 5.95 Å². The fourth-order valence-corrected chi connectivity index (χ4v) is 1.44. The number of aromatic amines is 1. The van der Waals surface area contributed by atoms with Crippen LogP contribution in [-0.4, -0.2) is 29.0 Å². The highest BCUT2D eigenvalue weighted by molar-refractivity contribution is 5.92. The zero-order valence-corrected chi connectivity index (χ0v) is 9.16. The second kappa shape index (κ2) is 5.14. The molecular formula is C12H12N4O. The molecule has 3 N–H and O–H groups in total. The van der Waals surface area contributed by atoms with E-state index in [4.69, 9.17) is 6.42 Å². The number of hydrogen-bond donors (Lipinski definition) is 3. The van der Waals surface area contributed by atoms with Crippen LogP contribution in [0, 0.1) is 12.3 Å². The van der Waals surface area contributed by atoms with Gasteiger partial charge in [0.05, 0.1) is 24.1 Å². The highest BCUT2D eigenvalue weighted by Gasteiger charge is 2.05. The molecule has 1 heterocycles. The van der Waals surface area contributed by atoms with E-state index in [2.05, 4.69) is 26.5 Å². The smallest absolute Gasteiger partial charge is 0.240 e. The Morgan fingerprint density at radius 1 is 1.47 bits per heavy atom. The zero-order valence-electron chi connectivity index (χ0n) is 9.16. The minimum atomic E-state index is -0.181. The van der Waals surface area contributed by atoms with Gasteiger partial charge in [0.25, 0.3) is 0 Å². The van der Waals surface area contributed by atoms with Gasteiger partial charge in [-0.05, 0) is 12.1 Å². The van der Waals surface area contributed by atoms with Crippen LogP contribution in [0.1, 0.15) is 0 Å². The van der Waals surface area contributed by atoms with Gasteiger partial charge in [0, 0.05) is 0 Å². The second-order valence-corrected chi connectivity index (χ2v) is 3.46. The lowest BCUT2D eigenvalue weighted by Gasteiger charge is -2.00. The molecule has 5 nitrogen and oxygen atoms in total. The van der Waals surface area contributed by atoms with Crippen molar-refractivity contribution in [1.29, 1.82) is 0 Å². The number of H-pyrrole nitrogens is 1. The Morgan fingerprint density at radius 2 is 2.29 bits per heavy atom. The Hall–Kier alpha value is -2.32. The van der Waals surface area contributed by atoms with Crippen molar-refractivity contribution in [3.8, 4) is 12.3 Å². The van der Waals surface area contributed by atoms with E-state index in [9.17, 15) is 4.79 Å². The SMILES string of the molecule is C#CCNCC(=O)Nc1nc2ccccc2[nH]1. The number of imidazole rings is 1. The average molecular weight is 228 g/mol. The molecule has 0 aliphatic heterocycles. The molecule has 2 rings (SSSR count). The molecule has 86 valence electrons. The number of aromatic nitrogens is 2. The number of hydrogen-bond acceptors (Lipinski definition) is 3. The molecule has 17 heavy (non-hydrogen) atoms. The minimum Gasteiger partial charge on any atom is -0.324 e. The molecule has 0 saturated carbocycles. The largest absolute Gasteiger partial charge is 0.324 e. The molecule has 0 aliphatic carbocycles. The van der Waals surface area contributed by atoms with Crippen LogP contribution in [0.15, 0.2) is 24.3 Å². The van der Waals surface area contributed by atoms with Crippen LogP contribution in [0.25, 0.3) is 11.0 Å². The third kappa shape index (κ3) is 2.83. The van der Waals surface area contributed by atoms with E-state index in [-0.39, 0.29) is 12.5 Å². The van der Waals surface area contributed by atoms with E-state index in [1.165, 1.54) is 0 Å². The molecule has 0 saturated heterocycles. The quantitative estimate of drug-likeness (QED) is 0.533. The van der Waals surface area contributed by atoms with Crippen molar-refractivity contribution in [3.05, 3.63) is 24.3 Å². The van der Waals surface area contributed by atoms with Crippen molar-refractivity contribution < 1.29 is 4.79 Å². The van der Waals surface area contributed by atoms with Gasteiger partial charge in [-0.2, -0.15) is 0 Å². The molecule has 0 aliphatic rings. The number of fused-ring (bicyclic) bond motifs is 1. The summed E-state index contributed by atoms with van der Waals surface area (Å²) in [5.41, 5.74) is 1.71.